The van der Waals surface area contributed by atoms with E-state index in [4.69, 9.17) is 5.84 Å². The molecule has 4 rings (SSSR count). The van der Waals surface area contributed by atoms with Crippen molar-refractivity contribution < 1.29 is 0 Å². The molecular formula is C15H28N2. The first kappa shape index (κ1) is 12.0. The van der Waals surface area contributed by atoms with Crippen LogP contribution in [0.4, 0.5) is 0 Å². The lowest BCUT2D eigenvalue weighted by Gasteiger charge is -2.56. The fourth-order valence-electron chi connectivity index (χ4n) is 5.47. The van der Waals surface area contributed by atoms with Gasteiger partial charge in [0.05, 0.1) is 0 Å². The number of rotatable bonds is 4. The third-order valence-electron chi connectivity index (χ3n) is 5.70. The van der Waals surface area contributed by atoms with Crippen LogP contribution in [0, 0.1) is 35.5 Å². The molecule has 4 fully saturated rings. The summed E-state index contributed by atoms with van der Waals surface area (Å²) < 4.78 is 0. The van der Waals surface area contributed by atoms with Crippen LogP contribution in [-0.2, 0) is 0 Å². The van der Waals surface area contributed by atoms with Gasteiger partial charge < -0.3 is 0 Å². The molecule has 4 aliphatic rings. The zero-order valence-corrected chi connectivity index (χ0v) is 11.4. The molecule has 2 nitrogen and oxygen atoms in total. The van der Waals surface area contributed by atoms with Crippen LogP contribution in [0.2, 0.25) is 0 Å². The van der Waals surface area contributed by atoms with Crippen LogP contribution in [0.5, 0.6) is 0 Å². The first-order valence-corrected chi connectivity index (χ1v) is 7.63. The zero-order valence-electron chi connectivity index (χ0n) is 11.4. The van der Waals surface area contributed by atoms with Crippen LogP contribution in [-0.4, -0.2) is 6.04 Å². The Hall–Kier alpha value is -0.0800. The van der Waals surface area contributed by atoms with E-state index < -0.39 is 0 Å². The molecule has 0 heterocycles. The second kappa shape index (κ2) is 4.55. The van der Waals surface area contributed by atoms with E-state index in [1.54, 1.807) is 6.42 Å². The largest absolute Gasteiger partial charge is 0.271 e. The second-order valence-corrected chi connectivity index (χ2v) is 7.41. The van der Waals surface area contributed by atoms with Crippen LogP contribution in [0.1, 0.15) is 52.4 Å². The molecule has 0 aromatic rings. The standard InChI is InChI=1S/C15H28N2/c1-9(2)3-14(17-16)15-12-5-10-4-11(7-12)8-13(15)6-10/h9-15,17H,3-8,16H2,1-2H3. The second-order valence-electron chi connectivity index (χ2n) is 7.41. The molecule has 3 N–H and O–H groups in total. The summed E-state index contributed by atoms with van der Waals surface area (Å²) in [7, 11) is 0. The summed E-state index contributed by atoms with van der Waals surface area (Å²) in [5.41, 5.74) is 3.16. The topological polar surface area (TPSA) is 38.0 Å². The third kappa shape index (κ3) is 2.15. The highest BCUT2D eigenvalue weighted by atomic mass is 15.2. The highest BCUT2D eigenvalue weighted by molar-refractivity contribution is 5.01. The normalized spacial score (nSPS) is 45.5. The summed E-state index contributed by atoms with van der Waals surface area (Å²) in [5, 5.41) is 0. The molecule has 0 spiro atoms. The van der Waals surface area contributed by atoms with Crippen LogP contribution >= 0.6 is 0 Å². The highest BCUT2D eigenvalue weighted by Crippen LogP contribution is 2.57. The minimum atomic E-state index is 0.574. The lowest BCUT2D eigenvalue weighted by molar-refractivity contribution is -0.0544. The quantitative estimate of drug-likeness (QED) is 0.582. The number of nitrogens with two attached hydrogens (primary N) is 1. The fraction of sp³-hybridized carbons (Fsp3) is 1.00. The average Bonchev–Trinajstić information content (AvgIpc) is 2.25. The van der Waals surface area contributed by atoms with Gasteiger partial charge in [0, 0.05) is 6.04 Å². The number of hydrogen-bond acceptors (Lipinski definition) is 2. The van der Waals surface area contributed by atoms with Crippen molar-refractivity contribution >= 4 is 0 Å². The Morgan fingerprint density at radius 2 is 1.53 bits per heavy atom. The van der Waals surface area contributed by atoms with Gasteiger partial charge in [-0.25, -0.2) is 0 Å². The molecule has 4 bridgehead atoms. The maximum atomic E-state index is 5.85. The Kier molecular flexibility index (Phi) is 3.20. The van der Waals surface area contributed by atoms with Crippen molar-refractivity contribution in [1.82, 2.24) is 5.43 Å². The molecule has 4 aliphatic carbocycles. The Balaban J connectivity index is 1.74. The molecule has 1 atom stereocenters. The summed E-state index contributed by atoms with van der Waals surface area (Å²) in [6.07, 6.45) is 8.83. The summed E-state index contributed by atoms with van der Waals surface area (Å²) in [4.78, 5) is 0. The van der Waals surface area contributed by atoms with Gasteiger partial charge in [-0.1, -0.05) is 13.8 Å². The molecule has 17 heavy (non-hydrogen) atoms. The maximum Gasteiger partial charge on any atom is 0.0246 e. The number of hydrogen-bond donors (Lipinski definition) is 2. The average molecular weight is 236 g/mol. The summed E-state index contributed by atoms with van der Waals surface area (Å²) in [6, 6.07) is 0.574. The van der Waals surface area contributed by atoms with Crippen molar-refractivity contribution in [1.29, 1.82) is 0 Å². The van der Waals surface area contributed by atoms with Crippen LogP contribution in [0.3, 0.4) is 0 Å². The lowest BCUT2D eigenvalue weighted by atomic mass is 9.50. The Labute approximate surface area is 106 Å². The molecule has 1 unspecified atom stereocenters. The first-order valence-electron chi connectivity index (χ1n) is 7.63. The summed E-state index contributed by atoms with van der Waals surface area (Å²) in [6.45, 7) is 4.64. The zero-order chi connectivity index (χ0) is 12.0. The summed E-state index contributed by atoms with van der Waals surface area (Å²) >= 11 is 0. The van der Waals surface area contributed by atoms with Crippen molar-refractivity contribution in [2.45, 2.75) is 58.4 Å². The van der Waals surface area contributed by atoms with Crippen molar-refractivity contribution in [2.24, 2.45) is 41.4 Å². The molecule has 98 valence electrons. The van der Waals surface area contributed by atoms with E-state index in [0.29, 0.717) is 6.04 Å². The van der Waals surface area contributed by atoms with Gasteiger partial charge in [0.2, 0.25) is 0 Å². The Morgan fingerprint density at radius 1 is 1.00 bits per heavy atom. The lowest BCUT2D eigenvalue weighted by Crippen LogP contribution is -2.54. The van der Waals surface area contributed by atoms with E-state index in [0.717, 1.165) is 35.5 Å². The summed E-state index contributed by atoms with van der Waals surface area (Å²) in [5.74, 6) is 11.6. The van der Waals surface area contributed by atoms with E-state index >= 15 is 0 Å². The van der Waals surface area contributed by atoms with Gasteiger partial charge in [-0.15, -0.1) is 0 Å². The van der Waals surface area contributed by atoms with Gasteiger partial charge in [-0.2, -0.15) is 0 Å². The van der Waals surface area contributed by atoms with E-state index in [2.05, 4.69) is 19.3 Å². The monoisotopic (exact) mass is 236 g/mol. The van der Waals surface area contributed by atoms with Gasteiger partial charge in [-0.3, -0.25) is 11.3 Å². The van der Waals surface area contributed by atoms with E-state index in [-0.39, 0.29) is 0 Å². The van der Waals surface area contributed by atoms with Crippen LogP contribution < -0.4 is 11.3 Å². The predicted molar refractivity (Wildman–Crippen MR) is 71.1 cm³/mol. The maximum absolute atomic E-state index is 5.85. The minimum Gasteiger partial charge on any atom is -0.271 e. The van der Waals surface area contributed by atoms with Crippen molar-refractivity contribution in [3.05, 3.63) is 0 Å². The van der Waals surface area contributed by atoms with Gasteiger partial charge in [0.15, 0.2) is 0 Å². The molecule has 0 aliphatic heterocycles. The van der Waals surface area contributed by atoms with Crippen LogP contribution in [0.25, 0.3) is 0 Å². The smallest absolute Gasteiger partial charge is 0.0246 e. The van der Waals surface area contributed by atoms with Gasteiger partial charge in [0.25, 0.3) is 0 Å². The molecular weight excluding hydrogens is 208 g/mol. The third-order valence-corrected chi connectivity index (χ3v) is 5.70. The van der Waals surface area contributed by atoms with Gasteiger partial charge in [-0.05, 0) is 74.0 Å². The molecule has 0 radical (unpaired) electrons. The number of nitrogens with one attached hydrogen (secondary N) is 1. The predicted octanol–water partition coefficient (Wildman–Crippen LogP) is 2.94. The minimum absolute atomic E-state index is 0.574. The van der Waals surface area contributed by atoms with E-state index in [9.17, 15) is 0 Å². The molecule has 0 amide bonds. The Morgan fingerprint density at radius 3 is 1.94 bits per heavy atom. The molecule has 2 heteroatoms. The van der Waals surface area contributed by atoms with Crippen molar-refractivity contribution in [3.63, 3.8) is 0 Å². The number of hydrazine groups is 1. The van der Waals surface area contributed by atoms with Crippen molar-refractivity contribution in [2.75, 3.05) is 0 Å². The van der Waals surface area contributed by atoms with Crippen LogP contribution in [0.15, 0.2) is 0 Å². The van der Waals surface area contributed by atoms with E-state index in [1.165, 1.54) is 32.1 Å². The molecule has 0 saturated heterocycles. The highest BCUT2D eigenvalue weighted by Gasteiger charge is 2.50. The van der Waals surface area contributed by atoms with Gasteiger partial charge in [0.1, 0.15) is 0 Å². The fourth-order valence-corrected chi connectivity index (χ4v) is 5.47. The molecule has 0 aromatic carbocycles. The van der Waals surface area contributed by atoms with E-state index in [1.807, 2.05) is 0 Å². The van der Waals surface area contributed by atoms with Gasteiger partial charge >= 0.3 is 0 Å². The molecule has 0 aromatic heterocycles. The Bertz CT molecular complexity index is 246. The SMILES string of the molecule is CC(C)CC(NN)C1C2CC3CC(C2)CC1C3. The first-order chi connectivity index (χ1) is 8.17. The molecule has 4 saturated carbocycles. The van der Waals surface area contributed by atoms with Crippen molar-refractivity contribution in [3.8, 4) is 0 Å².